The van der Waals surface area contributed by atoms with E-state index in [-0.39, 0.29) is 12.3 Å². The molecule has 1 aromatic rings. The van der Waals surface area contributed by atoms with E-state index in [1.54, 1.807) is 0 Å². The van der Waals surface area contributed by atoms with E-state index < -0.39 is 5.97 Å². The first-order valence-electron chi connectivity index (χ1n) is 9.22. The van der Waals surface area contributed by atoms with Gasteiger partial charge in [-0.1, -0.05) is 30.3 Å². The molecule has 132 valence electrons. The van der Waals surface area contributed by atoms with Gasteiger partial charge in [0.15, 0.2) is 0 Å². The highest BCUT2D eigenvalue weighted by Crippen LogP contribution is 2.23. The number of likely N-dealkylation sites (tertiary alicyclic amines) is 1. The zero-order valence-electron chi connectivity index (χ0n) is 14.5. The molecule has 2 rings (SSSR count). The fourth-order valence-corrected chi connectivity index (χ4v) is 3.51. The van der Waals surface area contributed by atoms with Crippen molar-refractivity contribution in [3.8, 4) is 0 Å². The summed E-state index contributed by atoms with van der Waals surface area (Å²) < 4.78 is 0. The van der Waals surface area contributed by atoms with Gasteiger partial charge in [0.05, 0.1) is 0 Å². The normalized spacial score (nSPS) is 17.7. The maximum atomic E-state index is 12.5. The van der Waals surface area contributed by atoms with Crippen molar-refractivity contribution in [2.75, 3.05) is 6.54 Å². The van der Waals surface area contributed by atoms with Crippen LogP contribution >= 0.6 is 0 Å². The van der Waals surface area contributed by atoms with E-state index in [0.717, 1.165) is 38.6 Å². The Bertz CT molecular complexity index is 515. The Labute approximate surface area is 144 Å². The Hall–Kier alpha value is -1.84. The van der Waals surface area contributed by atoms with Crippen molar-refractivity contribution in [3.05, 3.63) is 35.9 Å². The third-order valence-electron chi connectivity index (χ3n) is 4.82. The molecule has 0 aliphatic carbocycles. The van der Waals surface area contributed by atoms with Gasteiger partial charge in [0, 0.05) is 25.4 Å². The van der Waals surface area contributed by atoms with Crippen LogP contribution in [0.1, 0.15) is 63.4 Å². The first-order chi connectivity index (χ1) is 11.7. The van der Waals surface area contributed by atoms with Gasteiger partial charge in [-0.2, -0.15) is 0 Å². The summed E-state index contributed by atoms with van der Waals surface area (Å²) in [4.78, 5) is 25.1. The molecule has 0 bridgehead atoms. The first-order valence-corrected chi connectivity index (χ1v) is 9.22. The van der Waals surface area contributed by atoms with Crippen LogP contribution in [0.15, 0.2) is 30.3 Å². The molecule has 4 nitrogen and oxygen atoms in total. The summed E-state index contributed by atoms with van der Waals surface area (Å²) in [5.41, 5.74) is 1.36. The van der Waals surface area contributed by atoms with E-state index in [4.69, 9.17) is 5.11 Å². The second-order valence-corrected chi connectivity index (χ2v) is 6.72. The molecular weight excluding hydrogens is 302 g/mol. The number of carbonyl (C=O) groups excluding carboxylic acids is 1. The van der Waals surface area contributed by atoms with Crippen molar-refractivity contribution in [2.45, 2.75) is 70.3 Å². The molecule has 1 amide bonds. The van der Waals surface area contributed by atoms with Crippen LogP contribution in [0.25, 0.3) is 0 Å². The third-order valence-corrected chi connectivity index (χ3v) is 4.82. The number of carboxylic acid groups (broad SMARTS) is 1. The van der Waals surface area contributed by atoms with Crippen LogP contribution in [0.5, 0.6) is 0 Å². The summed E-state index contributed by atoms with van der Waals surface area (Å²) in [5.74, 6) is -0.566. The molecule has 1 heterocycles. The highest BCUT2D eigenvalue weighted by atomic mass is 16.4. The zero-order chi connectivity index (χ0) is 17.2. The standard InChI is InChI=1S/C20H29NO3/c22-19(14-4-5-15-20(23)24)21-16-7-6-12-18(21)13-8-11-17-9-2-1-3-10-17/h1-3,9-10,18H,4-8,11-16H2,(H,23,24). The predicted molar refractivity (Wildman–Crippen MR) is 94.8 cm³/mol. The molecule has 0 saturated carbocycles. The van der Waals surface area contributed by atoms with E-state index in [1.165, 1.54) is 12.0 Å². The Kier molecular flexibility index (Phi) is 7.80. The van der Waals surface area contributed by atoms with Crippen LogP contribution in [0.4, 0.5) is 0 Å². The molecule has 24 heavy (non-hydrogen) atoms. The number of hydrogen-bond acceptors (Lipinski definition) is 2. The Morgan fingerprint density at radius 3 is 2.54 bits per heavy atom. The lowest BCUT2D eigenvalue weighted by Gasteiger charge is -2.36. The molecule has 0 spiro atoms. The van der Waals surface area contributed by atoms with Gasteiger partial charge in [-0.15, -0.1) is 0 Å². The molecule has 1 fully saturated rings. The lowest BCUT2D eigenvalue weighted by Crippen LogP contribution is -2.43. The van der Waals surface area contributed by atoms with Gasteiger partial charge < -0.3 is 10.0 Å². The van der Waals surface area contributed by atoms with Gasteiger partial charge >= 0.3 is 5.97 Å². The monoisotopic (exact) mass is 331 g/mol. The van der Waals surface area contributed by atoms with Crippen LogP contribution in [0, 0.1) is 0 Å². The van der Waals surface area contributed by atoms with Crippen molar-refractivity contribution >= 4 is 11.9 Å². The molecule has 4 heteroatoms. The second kappa shape index (κ2) is 10.1. The summed E-state index contributed by atoms with van der Waals surface area (Å²) in [5, 5.41) is 8.67. The van der Waals surface area contributed by atoms with Crippen molar-refractivity contribution < 1.29 is 14.7 Å². The van der Waals surface area contributed by atoms with Crippen molar-refractivity contribution in [2.24, 2.45) is 0 Å². The van der Waals surface area contributed by atoms with Crippen molar-refractivity contribution in [3.63, 3.8) is 0 Å². The number of amides is 1. The average Bonchev–Trinajstić information content (AvgIpc) is 2.60. The van der Waals surface area contributed by atoms with E-state index >= 15 is 0 Å². The van der Waals surface area contributed by atoms with E-state index in [9.17, 15) is 9.59 Å². The molecular formula is C20H29NO3. The lowest BCUT2D eigenvalue weighted by molar-refractivity contribution is -0.138. The molecule has 0 radical (unpaired) electrons. The fourth-order valence-electron chi connectivity index (χ4n) is 3.51. The summed E-state index contributed by atoms with van der Waals surface area (Å²) >= 11 is 0. The molecule has 1 atom stereocenters. The van der Waals surface area contributed by atoms with Crippen molar-refractivity contribution in [1.82, 2.24) is 4.90 Å². The van der Waals surface area contributed by atoms with Gasteiger partial charge in [-0.05, 0) is 56.9 Å². The summed E-state index contributed by atoms with van der Waals surface area (Å²) in [7, 11) is 0. The van der Waals surface area contributed by atoms with Crippen LogP contribution in [0.2, 0.25) is 0 Å². The minimum Gasteiger partial charge on any atom is -0.481 e. The number of piperidine rings is 1. The summed E-state index contributed by atoms with van der Waals surface area (Å²) in [6.45, 7) is 0.869. The van der Waals surface area contributed by atoms with Crippen LogP contribution in [-0.4, -0.2) is 34.5 Å². The average molecular weight is 331 g/mol. The van der Waals surface area contributed by atoms with E-state index in [1.807, 2.05) is 6.07 Å². The number of benzene rings is 1. The molecule has 1 aromatic carbocycles. The number of carbonyl (C=O) groups is 2. The Balaban J connectivity index is 1.74. The van der Waals surface area contributed by atoms with Gasteiger partial charge in [0.25, 0.3) is 0 Å². The zero-order valence-corrected chi connectivity index (χ0v) is 14.5. The molecule has 1 saturated heterocycles. The van der Waals surface area contributed by atoms with Crippen LogP contribution < -0.4 is 0 Å². The molecule has 1 unspecified atom stereocenters. The Morgan fingerprint density at radius 2 is 1.79 bits per heavy atom. The van der Waals surface area contributed by atoms with E-state index in [0.29, 0.717) is 25.3 Å². The van der Waals surface area contributed by atoms with E-state index in [2.05, 4.69) is 29.2 Å². The van der Waals surface area contributed by atoms with Gasteiger partial charge in [0.1, 0.15) is 0 Å². The van der Waals surface area contributed by atoms with Gasteiger partial charge in [0.2, 0.25) is 5.91 Å². The maximum Gasteiger partial charge on any atom is 0.303 e. The number of nitrogens with zero attached hydrogens (tertiary/aromatic N) is 1. The third kappa shape index (κ3) is 6.34. The number of aliphatic carboxylic acids is 1. The maximum absolute atomic E-state index is 12.5. The SMILES string of the molecule is O=C(O)CCCCC(=O)N1CCCCC1CCCc1ccccc1. The topological polar surface area (TPSA) is 57.6 Å². The summed E-state index contributed by atoms with van der Waals surface area (Å²) in [6.07, 6.45) is 8.57. The molecule has 1 N–H and O–H groups in total. The van der Waals surface area contributed by atoms with Crippen LogP contribution in [-0.2, 0) is 16.0 Å². The Morgan fingerprint density at radius 1 is 1.04 bits per heavy atom. The quantitative estimate of drug-likeness (QED) is 0.695. The number of rotatable bonds is 9. The predicted octanol–water partition coefficient (Wildman–Crippen LogP) is 4.04. The van der Waals surface area contributed by atoms with Gasteiger partial charge in [-0.25, -0.2) is 0 Å². The number of carboxylic acids is 1. The second-order valence-electron chi connectivity index (χ2n) is 6.72. The first kappa shape index (κ1) is 18.5. The molecule has 1 aliphatic rings. The fraction of sp³-hybridized carbons (Fsp3) is 0.600. The number of unbranched alkanes of at least 4 members (excludes halogenated alkanes) is 1. The smallest absolute Gasteiger partial charge is 0.303 e. The minimum atomic E-state index is -0.779. The highest BCUT2D eigenvalue weighted by molar-refractivity contribution is 5.76. The van der Waals surface area contributed by atoms with Gasteiger partial charge in [-0.3, -0.25) is 9.59 Å². The minimum absolute atomic E-state index is 0.161. The number of aryl methyl sites for hydroxylation is 1. The highest BCUT2D eigenvalue weighted by Gasteiger charge is 2.25. The summed E-state index contributed by atoms with van der Waals surface area (Å²) in [6, 6.07) is 10.9. The molecule has 0 aromatic heterocycles. The number of hydrogen-bond donors (Lipinski definition) is 1. The van der Waals surface area contributed by atoms with Crippen molar-refractivity contribution in [1.29, 1.82) is 0 Å². The lowest BCUT2D eigenvalue weighted by atomic mass is 9.95. The molecule has 1 aliphatic heterocycles. The van der Waals surface area contributed by atoms with Crippen LogP contribution in [0.3, 0.4) is 0 Å². The largest absolute Gasteiger partial charge is 0.481 e.